The summed E-state index contributed by atoms with van der Waals surface area (Å²) >= 11 is 6.11. The van der Waals surface area contributed by atoms with Gasteiger partial charge < -0.3 is 5.11 Å². The summed E-state index contributed by atoms with van der Waals surface area (Å²) in [5.74, 6) is 1.42. The van der Waals surface area contributed by atoms with Gasteiger partial charge in [-0.1, -0.05) is 23.7 Å². The summed E-state index contributed by atoms with van der Waals surface area (Å²) in [6.07, 6.45) is 4.65. The molecule has 1 N–H and O–H groups in total. The van der Waals surface area contributed by atoms with Gasteiger partial charge in [0.1, 0.15) is 0 Å². The predicted octanol–water partition coefficient (Wildman–Crippen LogP) is 3.01. The molecule has 0 amide bonds. The third-order valence-corrected chi connectivity index (χ3v) is 6.32. The molecule has 23 heavy (non-hydrogen) atoms. The molecule has 1 aliphatic carbocycles. The van der Waals surface area contributed by atoms with Crippen LogP contribution in [0.5, 0.6) is 0 Å². The zero-order chi connectivity index (χ0) is 15.8. The monoisotopic (exact) mass is 334 g/mol. The molecule has 0 bridgehead atoms. The van der Waals surface area contributed by atoms with Crippen molar-refractivity contribution in [3.63, 3.8) is 0 Å². The van der Waals surface area contributed by atoms with E-state index in [1.54, 1.807) is 0 Å². The summed E-state index contributed by atoms with van der Waals surface area (Å²) in [6.45, 7) is 5.66. The normalized spacial score (nSPS) is 35.6. The number of rotatable bonds is 3. The first-order valence-electron chi connectivity index (χ1n) is 9.08. The van der Waals surface area contributed by atoms with Crippen LogP contribution in [0.2, 0.25) is 5.02 Å². The zero-order valence-corrected chi connectivity index (χ0v) is 14.5. The van der Waals surface area contributed by atoms with Gasteiger partial charge in [0.05, 0.1) is 6.10 Å². The van der Waals surface area contributed by atoms with Gasteiger partial charge in [0.25, 0.3) is 0 Å². The van der Waals surface area contributed by atoms with Crippen molar-refractivity contribution in [1.29, 1.82) is 0 Å². The lowest BCUT2D eigenvalue weighted by atomic mass is 9.77. The Morgan fingerprint density at radius 3 is 2.57 bits per heavy atom. The number of nitrogens with zero attached hydrogens (tertiary/aromatic N) is 2. The molecule has 0 spiro atoms. The van der Waals surface area contributed by atoms with Crippen LogP contribution in [0.15, 0.2) is 24.3 Å². The number of halogens is 1. The molecule has 2 aliphatic heterocycles. The van der Waals surface area contributed by atoms with E-state index in [9.17, 15) is 5.11 Å². The smallest absolute Gasteiger partial charge is 0.0698 e. The number of hydrogen-bond acceptors (Lipinski definition) is 3. The summed E-state index contributed by atoms with van der Waals surface area (Å²) in [5.41, 5.74) is 1.30. The first kappa shape index (κ1) is 15.9. The average molecular weight is 335 g/mol. The Hall–Kier alpha value is -0.610. The topological polar surface area (TPSA) is 26.7 Å². The molecule has 3 aliphatic rings. The fourth-order valence-corrected chi connectivity index (χ4v) is 5.21. The van der Waals surface area contributed by atoms with Gasteiger partial charge in [0, 0.05) is 30.7 Å². The summed E-state index contributed by atoms with van der Waals surface area (Å²) in [5, 5.41) is 11.4. The van der Waals surface area contributed by atoms with Crippen molar-refractivity contribution < 1.29 is 5.11 Å². The van der Waals surface area contributed by atoms with E-state index in [4.69, 9.17) is 11.6 Å². The minimum absolute atomic E-state index is 0.125. The maximum absolute atomic E-state index is 10.6. The maximum atomic E-state index is 10.6. The van der Waals surface area contributed by atoms with E-state index in [2.05, 4.69) is 21.9 Å². The number of hydrogen-bond donors (Lipinski definition) is 1. The molecule has 1 saturated carbocycles. The van der Waals surface area contributed by atoms with E-state index in [0.29, 0.717) is 12.0 Å². The van der Waals surface area contributed by atoms with Crippen LogP contribution in [0, 0.1) is 11.8 Å². The first-order chi connectivity index (χ1) is 11.2. The number of fused-ring (bicyclic) bond motifs is 1. The van der Waals surface area contributed by atoms with E-state index in [-0.39, 0.29) is 6.10 Å². The lowest BCUT2D eigenvalue weighted by Gasteiger charge is -2.40. The van der Waals surface area contributed by atoms with E-state index in [0.717, 1.165) is 30.5 Å². The Balaban J connectivity index is 1.39. The van der Waals surface area contributed by atoms with Crippen LogP contribution in [0.25, 0.3) is 0 Å². The highest BCUT2D eigenvalue weighted by molar-refractivity contribution is 6.30. The highest BCUT2D eigenvalue weighted by Crippen LogP contribution is 2.39. The third kappa shape index (κ3) is 3.43. The van der Waals surface area contributed by atoms with E-state index >= 15 is 0 Å². The van der Waals surface area contributed by atoms with Crippen molar-refractivity contribution in [2.45, 2.75) is 44.4 Å². The van der Waals surface area contributed by atoms with Crippen molar-refractivity contribution in [2.75, 3.05) is 26.2 Å². The number of aliphatic hydroxyl groups is 1. The number of aliphatic hydroxyl groups excluding tert-OH is 1. The van der Waals surface area contributed by atoms with Crippen LogP contribution in [-0.2, 0) is 6.54 Å². The van der Waals surface area contributed by atoms with E-state index < -0.39 is 0 Å². The second kappa shape index (κ2) is 6.72. The molecule has 1 aromatic carbocycles. The highest BCUT2D eigenvalue weighted by Gasteiger charge is 2.43. The number of benzene rings is 1. The molecule has 2 saturated heterocycles. The maximum Gasteiger partial charge on any atom is 0.0698 e. The molecule has 3 fully saturated rings. The molecule has 0 radical (unpaired) electrons. The fourth-order valence-electron chi connectivity index (χ4n) is 4.99. The fraction of sp³-hybridized carbons (Fsp3) is 0.684. The van der Waals surface area contributed by atoms with Gasteiger partial charge in [-0.3, -0.25) is 9.80 Å². The second-order valence-electron chi connectivity index (χ2n) is 7.69. The molecular formula is C19H27ClN2O. The lowest BCUT2D eigenvalue weighted by molar-refractivity contribution is -0.000861. The molecule has 0 aromatic heterocycles. The van der Waals surface area contributed by atoms with Gasteiger partial charge in [0.2, 0.25) is 0 Å². The second-order valence-corrected chi connectivity index (χ2v) is 8.13. The first-order valence-corrected chi connectivity index (χ1v) is 9.46. The Labute approximate surface area is 144 Å². The zero-order valence-electron chi connectivity index (χ0n) is 13.7. The van der Waals surface area contributed by atoms with Gasteiger partial charge in [-0.2, -0.15) is 0 Å². The highest BCUT2D eigenvalue weighted by atomic mass is 35.5. The minimum Gasteiger partial charge on any atom is -0.391 e. The summed E-state index contributed by atoms with van der Waals surface area (Å²) < 4.78 is 0. The molecule has 2 heterocycles. The average Bonchev–Trinajstić information content (AvgIpc) is 3.15. The van der Waals surface area contributed by atoms with Gasteiger partial charge in [0.15, 0.2) is 0 Å². The van der Waals surface area contributed by atoms with Gasteiger partial charge >= 0.3 is 0 Å². The van der Waals surface area contributed by atoms with Crippen LogP contribution in [0.4, 0.5) is 0 Å². The summed E-state index contributed by atoms with van der Waals surface area (Å²) in [7, 11) is 0. The molecule has 126 valence electrons. The van der Waals surface area contributed by atoms with Crippen LogP contribution >= 0.6 is 11.6 Å². The van der Waals surface area contributed by atoms with Crippen molar-refractivity contribution in [1.82, 2.24) is 9.80 Å². The molecule has 1 aromatic rings. The van der Waals surface area contributed by atoms with Crippen LogP contribution in [-0.4, -0.2) is 53.2 Å². The van der Waals surface area contributed by atoms with Crippen LogP contribution in [0.3, 0.4) is 0 Å². The van der Waals surface area contributed by atoms with Gasteiger partial charge in [-0.25, -0.2) is 0 Å². The standard InChI is InChI=1S/C19H27ClN2O/c20-17-5-3-4-14(8-17)11-21-12-15-9-18(22-6-1-2-7-22)19(23)10-16(15)13-21/h3-5,8,15-16,18-19,23H,1-2,6-7,9-13H2/t15-,16+,18-,19-/m1/s1. The predicted molar refractivity (Wildman–Crippen MR) is 93.5 cm³/mol. The van der Waals surface area contributed by atoms with Crippen molar-refractivity contribution in [3.05, 3.63) is 34.9 Å². The van der Waals surface area contributed by atoms with Crippen molar-refractivity contribution >= 4 is 11.6 Å². The van der Waals surface area contributed by atoms with Gasteiger partial charge in [-0.15, -0.1) is 0 Å². The van der Waals surface area contributed by atoms with E-state index in [1.165, 1.54) is 44.5 Å². The summed E-state index contributed by atoms with van der Waals surface area (Å²) in [4.78, 5) is 5.10. The molecule has 4 rings (SSSR count). The van der Waals surface area contributed by atoms with Crippen LogP contribution in [0.1, 0.15) is 31.2 Å². The minimum atomic E-state index is -0.125. The van der Waals surface area contributed by atoms with Crippen LogP contribution < -0.4 is 0 Å². The lowest BCUT2D eigenvalue weighted by Crippen LogP contribution is -2.48. The number of likely N-dealkylation sites (tertiary alicyclic amines) is 2. The molecule has 4 atom stereocenters. The molecule has 4 heteroatoms. The molecular weight excluding hydrogens is 308 g/mol. The SMILES string of the molecule is O[C@@H]1C[C@H]2CN(Cc3cccc(Cl)c3)C[C@H]2C[C@H]1N1CCCC1. The third-order valence-electron chi connectivity index (χ3n) is 6.09. The Bertz CT molecular complexity index is 546. The van der Waals surface area contributed by atoms with Crippen molar-refractivity contribution in [3.8, 4) is 0 Å². The Kier molecular flexibility index (Phi) is 4.64. The summed E-state index contributed by atoms with van der Waals surface area (Å²) in [6, 6.07) is 8.62. The van der Waals surface area contributed by atoms with E-state index in [1.807, 2.05) is 12.1 Å². The molecule has 3 nitrogen and oxygen atoms in total. The quantitative estimate of drug-likeness (QED) is 0.920. The van der Waals surface area contributed by atoms with Gasteiger partial charge in [-0.05, 0) is 68.3 Å². The Morgan fingerprint density at radius 1 is 1.09 bits per heavy atom. The molecule has 0 unspecified atom stereocenters. The van der Waals surface area contributed by atoms with Crippen molar-refractivity contribution in [2.24, 2.45) is 11.8 Å². The Morgan fingerprint density at radius 2 is 1.83 bits per heavy atom. The largest absolute Gasteiger partial charge is 0.391 e.